The third-order valence-electron chi connectivity index (χ3n) is 5.96. The molecule has 0 saturated carbocycles. The number of hydrogen-bond acceptors (Lipinski definition) is 7. The monoisotopic (exact) mass is 453 g/mol. The summed E-state index contributed by atoms with van der Waals surface area (Å²) in [6, 6.07) is 11.8. The first-order valence-electron chi connectivity index (χ1n) is 10.6. The van der Waals surface area contributed by atoms with Crippen LogP contribution in [0.1, 0.15) is 42.0 Å². The van der Waals surface area contributed by atoms with Crippen LogP contribution >= 0.6 is 11.3 Å². The largest absolute Gasteiger partial charge is 0.497 e. The van der Waals surface area contributed by atoms with Crippen molar-refractivity contribution in [3.63, 3.8) is 0 Å². The van der Waals surface area contributed by atoms with Gasteiger partial charge in [-0.3, -0.25) is 4.79 Å². The first-order valence-corrected chi connectivity index (χ1v) is 11.5. The minimum Gasteiger partial charge on any atom is -0.497 e. The van der Waals surface area contributed by atoms with Crippen molar-refractivity contribution in [3.05, 3.63) is 74.8 Å². The van der Waals surface area contributed by atoms with Crippen molar-refractivity contribution in [1.82, 2.24) is 5.32 Å². The van der Waals surface area contributed by atoms with Crippen LogP contribution in [0.5, 0.6) is 5.75 Å². The molecule has 2 aliphatic rings. The predicted molar refractivity (Wildman–Crippen MR) is 123 cm³/mol. The van der Waals surface area contributed by atoms with Gasteiger partial charge in [-0.05, 0) is 48.4 Å². The fourth-order valence-electron chi connectivity index (χ4n) is 4.48. The third kappa shape index (κ3) is 4.36. The van der Waals surface area contributed by atoms with Gasteiger partial charge in [0.05, 0.1) is 25.2 Å². The van der Waals surface area contributed by atoms with E-state index < -0.39 is 11.9 Å². The Balaban J connectivity index is 1.69. The summed E-state index contributed by atoms with van der Waals surface area (Å²) < 4.78 is 15.8. The molecule has 0 amide bonds. The van der Waals surface area contributed by atoms with Gasteiger partial charge in [-0.15, -0.1) is 11.3 Å². The molecule has 0 unspecified atom stereocenters. The molecule has 1 aliphatic heterocycles. The van der Waals surface area contributed by atoms with Crippen molar-refractivity contribution in [1.29, 1.82) is 0 Å². The van der Waals surface area contributed by atoms with Gasteiger partial charge in [0.25, 0.3) is 0 Å². The topological polar surface area (TPSA) is 73.9 Å². The molecule has 0 radical (unpaired) electrons. The molecule has 0 spiro atoms. The van der Waals surface area contributed by atoms with Gasteiger partial charge in [-0.25, -0.2) is 4.79 Å². The SMILES string of the molecule is COCCOC(=O)C1=C(C)NC2=C(C(=O)C[C@@H](c3cccc(OC)c3)C2)[C@H]1c1cccs1. The maximum absolute atomic E-state index is 13.5. The van der Waals surface area contributed by atoms with E-state index in [1.54, 1.807) is 25.6 Å². The van der Waals surface area contributed by atoms with Crippen LogP contribution in [-0.4, -0.2) is 39.2 Å². The normalized spacial score (nSPS) is 20.7. The average molecular weight is 454 g/mol. The maximum atomic E-state index is 13.5. The van der Waals surface area contributed by atoms with Crippen LogP contribution in [-0.2, 0) is 19.1 Å². The quantitative estimate of drug-likeness (QED) is 0.498. The highest BCUT2D eigenvalue weighted by molar-refractivity contribution is 7.10. The Morgan fingerprint density at radius 1 is 1.16 bits per heavy atom. The second-order valence-corrected chi connectivity index (χ2v) is 8.92. The van der Waals surface area contributed by atoms with Gasteiger partial charge in [0.15, 0.2) is 5.78 Å². The van der Waals surface area contributed by atoms with Gasteiger partial charge >= 0.3 is 5.97 Å². The maximum Gasteiger partial charge on any atom is 0.336 e. The number of hydrogen-bond donors (Lipinski definition) is 1. The molecule has 0 fully saturated rings. The molecule has 2 aromatic rings. The Kier molecular flexibility index (Phi) is 6.77. The zero-order valence-electron chi connectivity index (χ0n) is 18.5. The molecule has 4 rings (SSSR count). The van der Waals surface area contributed by atoms with Gasteiger partial charge < -0.3 is 19.5 Å². The molecule has 2 atom stereocenters. The van der Waals surface area contributed by atoms with E-state index in [9.17, 15) is 9.59 Å². The highest BCUT2D eigenvalue weighted by atomic mass is 32.1. The summed E-state index contributed by atoms with van der Waals surface area (Å²) in [7, 11) is 3.20. The fourth-order valence-corrected chi connectivity index (χ4v) is 5.32. The Morgan fingerprint density at radius 3 is 2.72 bits per heavy atom. The average Bonchev–Trinajstić information content (AvgIpc) is 3.32. The van der Waals surface area contributed by atoms with Gasteiger partial charge in [-0.1, -0.05) is 18.2 Å². The number of dihydropyridines is 1. The number of methoxy groups -OCH3 is 2. The number of benzene rings is 1. The molecular weight excluding hydrogens is 426 g/mol. The number of carbonyl (C=O) groups excluding carboxylic acids is 2. The van der Waals surface area contributed by atoms with E-state index >= 15 is 0 Å². The molecular formula is C25H27NO5S. The summed E-state index contributed by atoms with van der Waals surface area (Å²) in [5.74, 6) is 0.0511. The molecule has 2 heterocycles. The van der Waals surface area contributed by atoms with Crippen molar-refractivity contribution in [2.75, 3.05) is 27.4 Å². The summed E-state index contributed by atoms with van der Waals surface area (Å²) in [5.41, 5.74) is 3.86. The van der Waals surface area contributed by atoms with E-state index in [1.165, 1.54) is 0 Å². The minimum atomic E-state index is -0.417. The molecule has 1 aromatic carbocycles. The zero-order valence-corrected chi connectivity index (χ0v) is 19.3. The van der Waals surface area contributed by atoms with E-state index in [1.807, 2.05) is 48.7 Å². The van der Waals surface area contributed by atoms with Crippen molar-refractivity contribution < 1.29 is 23.8 Å². The molecule has 168 valence electrons. The first kappa shape index (κ1) is 22.3. The lowest BCUT2D eigenvalue weighted by Crippen LogP contribution is -2.36. The summed E-state index contributed by atoms with van der Waals surface area (Å²) in [6.45, 7) is 2.36. The predicted octanol–water partition coefficient (Wildman–Crippen LogP) is 4.31. The van der Waals surface area contributed by atoms with Gasteiger partial charge in [-0.2, -0.15) is 0 Å². The number of Topliss-reactive ketones (excluding diaryl/α,β-unsaturated/α-hetero) is 1. The second kappa shape index (κ2) is 9.71. The molecule has 1 aromatic heterocycles. The lowest BCUT2D eigenvalue weighted by molar-refractivity contribution is -0.140. The summed E-state index contributed by atoms with van der Waals surface area (Å²) in [6.07, 6.45) is 1.08. The zero-order chi connectivity index (χ0) is 22.7. The Labute approximate surface area is 191 Å². The molecule has 1 aliphatic carbocycles. The second-order valence-electron chi connectivity index (χ2n) is 7.94. The van der Waals surface area contributed by atoms with Gasteiger partial charge in [0.1, 0.15) is 12.4 Å². The van der Waals surface area contributed by atoms with Gasteiger partial charge in [0.2, 0.25) is 0 Å². The van der Waals surface area contributed by atoms with Gasteiger partial charge in [0, 0.05) is 35.4 Å². The van der Waals surface area contributed by atoms with Crippen molar-refractivity contribution in [3.8, 4) is 5.75 Å². The van der Waals surface area contributed by atoms with E-state index in [4.69, 9.17) is 14.2 Å². The number of nitrogens with one attached hydrogen (secondary N) is 1. The standard InChI is InChI=1S/C25H27NO5S/c1-15-22(25(28)31-10-9-29-2)24(21-8-5-11-32-21)23-19(26-15)13-17(14-20(23)27)16-6-4-7-18(12-16)30-3/h4-8,11-12,17,24,26H,9-10,13-14H2,1-3H3/t17-,24-/m0/s1. The first-order chi connectivity index (χ1) is 15.5. The minimum absolute atomic E-state index is 0.0517. The van der Waals surface area contributed by atoms with Crippen molar-refractivity contribution in [2.45, 2.75) is 31.6 Å². The van der Waals surface area contributed by atoms with E-state index in [0.29, 0.717) is 30.6 Å². The van der Waals surface area contributed by atoms with Crippen LogP contribution in [0.25, 0.3) is 0 Å². The molecule has 32 heavy (non-hydrogen) atoms. The molecule has 1 N–H and O–H groups in total. The lowest BCUT2D eigenvalue weighted by atomic mass is 9.73. The number of thiophene rings is 1. The van der Waals surface area contributed by atoms with Crippen LogP contribution in [0.4, 0.5) is 0 Å². The van der Waals surface area contributed by atoms with E-state index in [-0.39, 0.29) is 18.3 Å². The Morgan fingerprint density at radius 2 is 2.00 bits per heavy atom. The number of esters is 1. The number of rotatable bonds is 7. The summed E-state index contributed by atoms with van der Waals surface area (Å²) >= 11 is 1.54. The highest BCUT2D eigenvalue weighted by Crippen LogP contribution is 2.46. The molecule has 7 heteroatoms. The summed E-state index contributed by atoms with van der Waals surface area (Å²) in [4.78, 5) is 27.5. The number of ether oxygens (including phenoxy) is 3. The van der Waals surface area contributed by atoms with Crippen molar-refractivity contribution >= 4 is 23.1 Å². The lowest BCUT2D eigenvalue weighted by Gasteiger charge is -2.36. The molecule has 0 saturated heterocycles. The Bertz CT molecular complexity index is 1070. The number of ketones is 1. The summed E-state index contributed by atoms with van der Waals surface area (Å²) in [5, 5.41) is 5.34. The van der Waals surface area contributed by atoms with Crippen LogP contribution in [0.2, 0.25) is 0 Å². The molecule has 6 nitrogen and oxygen atoms in total. The van der Waals surface area contributed by atoms with Crippen LogP contribution < -0.4 is 10.1 Å². The van der Waals surface area contributed by atoms with E-state index in [2.05, 4.69) is 5.32 Å². The fraction of sp³-hybridized carbons (Fsp3) is 0.360. The van der Waals surface area contributed by atoms with Crippen LogP contribution in [0.3, 0.4) is 0 Å². The Hall–Kier alpha value is -2.90. The van der Waals surface area contributed by atoms with Crippen LogP contribution in [0, 0.1) is 0 Å². The smallest absolute Gasteiger partial charge is 0.336 e. The molecule has 0 bridgehead atoms. The third-order valence-corrected chi connectivity index (χ3v) is 6.90. The van der Waals surface area contributed by atoms with E-state index in [0.717, 1.165) is 27.6 Å². The highest BCUT2D eigenvalue weighted by Gasteiger charge is 2.41. The van der Waals surface area contributed by atoms with Crippen LogP contribution in [0.15, 0.2) is 64.3 Å². The number of carbonyl (C=O) groups is 2. The van der Waals surface area contributed by atoms with Crippen molar-refractivity contribution in [2.24, 2.45) is 0 Å². The number of allylic oxidation sites excluding steroid dienone is 3.